The molecule has 3 unspecified atom stereocenters. The van der Waals surface area contributed by atoms with E-state index in [4.69, 9.17) is 4.74 Å². The summed E-state index contributed by atoms with van der Waals surface area (Å²) in [5, 5.41) is 10.1. The number of fused-ring (bicyclic) bond motifs is 3. The molecule has 3 atom stereocenters. The highest BCUT2D eigenvalue weighted by molar-refractivity contribution is 6.25. The van der Waals surface area contributed by atoms with Crippen molar-refractivity contribution < 1.29 is 28.7 Å². The van der Waals surface area contributed by atoms with Crippen molar-refractivity contribution in [3.05, 3.63) is 47.3 Å². The summed E-state index contributed by atoms with van der Waals surface area (Å²) in [6, 6.07) is 4.40. The Bertz CT molecular complexity index is 1430. The average Bonchev–Trinajstić information content (AvgIpc) is 3.56. The lowest BCUT2D eigenvalue weighted by Crippen LogP contribution is -2.54. The first-order valence-electron chi connectivity index (χ1n) is 14.1. The van der Waals surface area contributed by atoms with Crippen LogP contribution < -0.4 is 10.6 Å². The standard InChI is InChI=1S/C29H34N6O6/c1-29(2,3)41-28(40)34-17-7-8-18(34)12-19(11-17)33-15-16(14-31-33)13-30-21-6-4-5-20-24(21)27(39)35(26(20)38)22-9-10-23(36)32-25(22)37/h4-6,14-15,17-19,22,30H,7-13H2,1-3H3,(H,32,36,37). The molecule has 216 valence electrons. The van der Waals surface area contributed by atoms with E-state index in [1.54, 1.807) is 24.4 Å². The first-order valence-corrected chi connectivity index (χ1v) is 14.1. The highest BCUT2D eigenvalue weighted by Crippen LogP contribution is 2.41. The number of aromatic nitrogens is 2. The molecule has 4 aliphatic heterocycles. The predicted molar refractivity (Wildman–Crippen MR) is 146 cm³/mol. The van der Waals surface area contributed by atoms with Gasteiger partial charge >= 0.3 is 6.09 Å². The SMILES string of the molecule is CC(C)(C)OC(=O)N1C2CCC1CC(n1cc(CNc3cccc4c3C(=O)N(C3CCC(=O)NC3=O)C4=O)cn1)C2. The number of hydrogen-bond acceptors (Lipinski definition) is 8. The van der Waals surface area contributed by atoms with Gasteiger partial charge in [0.2, 0.25) is 11.8 Å². The van der Waals surface area contributed by atoms with Crippen molar-refractivity contribution in [1.29, 1.82) is 0 Å². The maximum absolute atomic E-state index is 13.3. The van der Waals surface area contributed by atoms with Gasteiger partial charge < -0.3 is 15.0 Å². The molecule has 12 heteroatoms. The normalized spacial score (nSPS) is 25.8. The van der Waals surface area contributed by atoms with Gasteiger partial charge in [-0.05, 0) is 65.0 Å². The van der Waals surface area contributed by atoms with Crippen LogP contribution in [0.25, 0.3) is 0 Å². The van der Waals surface area contributed by atoms with E-state index < -0.39 is 35.3 Å². The van der Waals surface area contributed by atoms with Gasteiger partial charge in [0.25, 0.3) is 11.8 Å². The first-order chi connectivity index (χ1) is 19.5. The van der Waals surface area contributed by atoms with E-state index >= 15 is 0 Å². The number of piperidine rings is 2. The topological polar surface area (TPSA) is 143 Å². The molecule has 0 saturated carbocycles. The van der Waals surface area contributed by atoms with Crippen molar-refractivity contribution in [3.63, 3.8) is 0 Å². The summed E-state index contributed by atoms with van der Waals surface area (Å²) in [5.41, 5.74) is 1.32. The van der Waals surface area contributed by atoms with Gasteiger partial charge in [-0.3, -0.25) is 34.1 Å². The van der Waals surface area contributed by atoms with Gasteiger partial charge in [-0.15, -0.1) is 0 Å². The van der Waals surface area contributed by atoms with Crippen LogP contribution in [0.5, 0.6) is 0 Å². The fraction of sp³-hybridized carbons (Fsp3) is 0.517. The van der Waals surface area contributed by atoms with Gasteiger partial charge in [0.05, 0.1) is 23.4 Å². The number of ether oxygens (including phenoxy) is 1. The zero-order valence-electron chi connectivity index (χ0n) is 23.4. The minimum Gasteiger partial charge on any atom is -0.444 e. The molecule has 1 aromatic heterocycles. The summed E-state index contributed by atoms with van der Waals surface area (Å²) in [5.74, 6) is -2.14. The lowest BCUT2D eigenvalue weighted by Gasteiger charge is -2.39. The molecule has 0 radical (unpaired) electrons. The van der Waals surface area contributed by atoms with E-state index in [1.165, 1.54) is 0 Å². The molecule has 4 aliphatic rings. The highest BCUT2D eigenvalue weighted by atomic mass is 16.6. The number of imide groups is 2. The zero-order valence-corrected chi connectivity index (χ0v) is 23.4. The third-order valence-electron chi connectivity index (χ3n) is 8.29. The van der Waals surface area contributed by atoms with Crippen LogP contribution >= 0.6 is 0 Å². The number of hydrogen-bond donors (Lipinski definition) is 2. The average molecular weight is 563 g/mol. The molecule has 12 nitrogen and oxygen atoms in total. The largest absolute Gasteiger partial charge is 0.444 e. The predicted octanol–water partition coefficient (Wildman–Crippen LogP) is 3.00. The number of anilines is 1. The number of carbonyl (C=O) groups excluding carboxylic acids is 5. The summed E-state index contributed by atoms with van der Waals surface area (Å²) < 4.78 is 7.61. The van der Waals surface area contributed by atoms with Crippen LogP contribution in [0, 0.1) is 0 Å². The smallest absolute Gasteiger partial charge is 0.410 e. The zero-order chi connectivity index (χ0) is 29.1. The quantitative estimate of drug-likeness (QED) is 0.530. The monoisotopic (exact) mass is 562 g/mol. The molecule has 0 aliphatic carbocycles. The molecule has 2 N–H and O–H groups in total. The molecule has 2 aromatic rings. The Morgan fingerprint density at radius 1 is 1.05 bits per heavy atom. The molecule has 41 heavy (non-hydrogen) atoms. The van der Waals surface area contributed by atoms with Gasteiger partial charge in [-0.2, -0.15) is 5.10 Å². The fourth-order valence-corrected chi connectivity index (χ4v) is 6.50. The van der Waals surface area contributed by atoms with E-state index in [1.807, 2.05) is 36.5 Å². The second-order valence-corrected chi connectivity index (χ2v) is 12.3. The number of carbonyl (C=O) groups is 5. The Hall–Kier alpha value is -4.22. The molecule has 6 rings (SSSR count). The second kappa shape index (κ2) is 10.0. The van der Waals surface area contributed by atoms with Crippen molar-refractivity contribution in [2.45, 2.75) is 95.6 Å². The van der Waals surface area contributed by atoms with Crippen molar-refractivity contribution in [3.8, 4) is 0 Å². The van der Waals surface area contributed by atoms with Crippen molar-refractivity contribution >= 4 is 35.4 Å². The number of rotatable bonds is 5. The van der Waals surface area contributed by atoms with Gasteiger partial charge in [0, 0.05) is 42.5 Å². The maximum Gasteiger partial charge on any atom is 0.410 e. The van der Waals surface area contributed by atoms with Crippen LogP contribution in [0.3, 0.4) is 0 Å². The summed E-state index contributed by atoms with van der Waals surface area (Å²) in [4.78, 5) is 66.1. The summed E-state index contributed by atoms with van der Waals surface area (Å²) >= 11 is 0. The van der Waals surface area contributed by atoms with Crippen molar-refractivity contribution in [2.75, 3.05) is 5.32 Å². The molecular weight excluding hydrogens is 528 g/mol. The van der Waals surface area contributed by atoms with Crippen LogP contribution in [0.2, 0.25) is 0 Å². The molecule has 5 heterocycles. The molecule has 5 amide bonds. The number of benzene rings is 1. The van der Waals surface area contributed by atoms with Crippen molar-refractivity contribution in [1.82, 2.24) is 24.9 Å². The van der Waals surface area contributed by atoms with Crippen LogP contribution in [0.4, 0.5) is 10.5 Å². The van der Waals surface area contributed by atoms with E-state index in [2.05, 4.69) is 15.7 Å². The Labute approximate surface area is 237 Å². The Kier molecular flexibility index (Phi) is 6.58. The van der Waals surface area contributed by atoms with E-state index in [0.717, 1.165) is 36.1 Å². The highest BCUT2D eigenvalue weighted by Gasteiger charge is 2.47. The second-order valence-electron chi connectivity index (χ2n) is 12.3. The van der Waals surface area contributed by atoms with Crippen molar-refractivity contribution in [2.24, 2.45) is 0 Å². The number of nitrogens with one attached hydrogen (secondary N) is 2. The van der Waals surface area contributed by atoms with Crippen LogP contribution in [-0.4, -0.2) is 73.0 Å². The molecule has 0 spiro atoms. The first kappa shape index (κ1) is 27.0. The number of nitrogens with zero attached hydrogens (tertiary/aromatic N) is 4. The van der Waals surface area contributed by atoms with E-state index in [-0.39, 0.29) is 48.2 Å². The van der Waals surface area contributed by atoms with Crippen LogP contribution in [0.1, 0.15) is 91.6 Å². The number of amides is 5. The Balaban J connectivity index is 1.12. The van der Waals surface area contributed by atoms with Gasteiger partial charge in [0.1, 0.15) is 11.6 Å². The third kappa shape index (κ3) is 4.95. The van der Waals surface area contributed by atoms with Crippen LogP contribution in [-0.2, 0) is 20.9 Å². The van der Waals surface area contributed by atoms with Gasteiger partial charge in [-0.25, -0.2) is 4.79 Å². The molecule has 2 bridgehead atoms. The maximum atomic E-state index is 13.3. The van der Waals surface area contributed by atoms with Gasteiger partial charge in [-0.1, -0.05) is 6.07 Å². The molecule has 3 fully saturated rings. The minimum atomic E-state index is -1.01. The minimum absolute atomic E-state index is 0.0699. The summed E-state index contributed by atoms with van der Waals surface area (Å²) in [7, 11) is 0. The lowest BCUT2D eigenvalue weighted by atomic mass is 9.98. The van der Waals surface area contributed by atoms with Gasteiger partial charge in [0.15, 0.2) is 0 Å². The lowest BCUT2D eigenvalue weighted by molar-refractivity contribution is -0.136. The Morgan fingerprint density at radius 3 is 2.46 bits per heavy atom. The van der Waals surface area contributed by atoms with Crippen LogP contribution in [0.15, 0.2) is 30.6 Å². The molecular formula is C29H34N6O6. The molecule has 1 aromatic carbocycles. The van der Waals surface area contributed by atoms with E-state index in [0.29, 0.717) is 12.2 Å². The molecule has 3 saturated heterocycles. The summed E-state index contributed by atoms with van der Waals surface area (Å²) in [6.45, 7) is 6.01. The Morgan fingerprint density at radius 2 is 1.78 bits per heavy atom. The third-order valence-corrected chi connectivity index (χ3v) is 8.29. The van der Waals surface area contributed by atoms with E-state index in [9.17, 15) is 24.0 Å². The fourth-order valence-electron chi connectivity index (χ4n) is 6.50. The summed E-state index contributed by atoms with van der Waals surface area (Å²) in [6.07, 6.45) is 7.22.